The molecule has 2 aromatic heterocycles. The van der Waals surface area contributed by atoms with Crippen molar-refractivity contribution in [1.29, 1.82) is 0 Å². The lowest BCUT2D eigenvalue weighted by molar-refractivity contribution is -0.140. The van der Waals surface area contributed by atoms with E-state index in [1.807, 2.05) is 42.5 Å². The quantitative estimate of drug-likeness (QED) is 0.173. The summed E-state index contributed by atoms with van der Waals surface area (Å²) in [5.41, 5.74) is 3.52. The second kappa shape index (κ2) is 15.5. The third-order valence-corrected chi connectivity index (χ3v) is 4.71. The summed E-state index contributed by atoms with van der Waals surface area (Å²) < 4.78 is 22.0. The fourth-order valence-corrected chi connectivity index (χ4v) is 2.88. The average Bonchev–Trinajstić information content (AvgIpc) is 2.93. The van der Waals surface area contributed by atoms with Crippen LogP contribution in [-0.4, -0.2) is 55.6 Å². The molecule has 188 valence electrons. The van der Waals surface area contributed by atoms with Gasteiger partial charge in [-0.25, -0.2) is 4.79 Å². The SMILES string of the molecule is C=C(C)C(=O)OCCOCCOCCOc1c(C#Cc2ccncc2)cccc1C#Cc1ccncc1. The van der Waals surface area contributed by atoms with Crippen LogP contribution in [0.15, 0.2) is 79.4 Å². The number of benzene rings is 1. The highest BCUT2D eigenvalue weighted by Crippen LogP contribution is 2.23. The monoisotopic (exact) mass is 496 g/mol. The van der Waals surface area contributed by atoms with Crippen LogP contribution in [0.3, 0.4) is 0 Å². The molecule has 3 rings (SSSR count). The molecule has 7 nitrogen and oxygen atoms in total. The van der Waals surface area contributed by atoms with Gasteiger partial charge in [0.05, 0.1) is 37.6 Å². The van der Waals surface area contributed by atoms with Crippen LogP contribution in [0.4, 0.5) is 0 Å². The number of hydrogen-bond donors (Lipinski definition) is 0. The van der Waals surface area contributed by atoms with Crippen LogP contribution in [0.2, 0.25) is 0 Å². The number of esters is 1. The van der Waals surface area contributed by atoms with Crippen molar-refractivity contribution >= 4 is 5.97 Å². The van der Waals surface area contributed by atoms with Crippen molar-refractivity contribution in [3.8, 4) is 29.4 Å². The van der Waals surface area contributed by atoms with E-state index in [9.17, 15) is 4.79 Å². The Bertz CT molecular complexity index is 1210. The predicted molar refractivity (Wildman–Crippen MR) is 140 cm³/mol. The smallest absolute Gasteiger partial charge is 0.333 e. The van der Waals surface area contributed by atoms with Crippen LogP contribution in [0, 0.1) is 23.7 Å². The highest BCUT2D eigenvalue weighted by Gasteiger charge is 2.08. The van der Waals surface area contributed by atoms with Crippen molar-refractivity contribution in [1.82, 2.24) is 9.97 Å². The van der Waals surface area contributed by atoms with Gasteiger partial charge in [0.25, 0.3) is 0 Å². The first-order valence-electron chi connectivity index (χ1n) is 11.7. The van der Waals surface area contributed by atoms with Crippen LogP contribution in [0.25, 0.3) is 0 Å². The minimum Gasteiger partial charge on any atom is -0.489 e. The Hall–Kier alpha value is -4.43. The molecule has 0 saturated heterocycles. The number of rotatable bonds is 11. The first-order chi connectivity index (χ1) is 18.1. The Morgan fingerprint density at radius 1 is 0.730 bits per heavy atom. The zero-order valence-corrected chi connectivity index (χ0v) is 20.7. The first kappa shape index (κ1) is 27.2. The molecule has 0 aliphatic carbocycles. The van der Waals surface area contributed by atoms with Gasteiger partial charge < -0.3 is 18.9 Å². The van der Waals surface area contributed by atoms with Gasteiger partial charge in [0.15, 0.2) is 5.75 Å². The molecule has 7 heteroatoms. The minimum absolute atomic E-state index is 0.176. The second-order valence-electron chi connectivity index (χ2n) is 7.64. The maximum Gasteiger partial charge on any atom is 0.333 e. The van der Waals surface area contributed by atoms with E-state index in [1.54, 1.807) is 31.7 Å². The molecule has 0 N–H and O–H groups in total. The Labute approximate surface area is 217 Å². The molecule has 0 amide bonds. The number of pyridine rings is 2. The summed E-state index contributed by atoms with van der Waals surface area (Å²) in [6, 6.07) is 13.1. The zero-order chi connectivity index (χ0) is 26.1. The molecule has 0 radical (unpaired) electrons. The van der Waals surface area contributed by atoms with Crippen molar-refractivity contribution in [2.45, 2.75) is 6.92 Å². The third-order valence-electron chi connectivity index (χ3n) is 4.71. The number of carbonyl (C=O) groups is 1. The number of nitrogens with zero attached hydrogens (tertiary/aromatic N) is 2. The van der Waals surface area contributed by atoms with Crippen molar-refractivity contribution in [3.63, 3.8) is 0 Å². The molecule has 3 aromatic rings. The number of aromatic nitrogens is 2. The van der Waals surface area contributed by atoms with E-state index in [2.05, 4.69) is 40.2 Å². The molecule has 0 unspecified atom stereocenters. The zero-order valence-electron chi connectivity index (χ0n) is 20.7. The van der Waals surface area contributed by atoms with Gasteiger partial charge in [-0.1, -0.05) is 36.3 Å². The van der Waals surface area contributed by atoms with E-state index in [1.165, 1.54) is 0 Å². The van der Waals surface area contributed by atoms with Crippen LogP contribution < -0.4 is 4.74 Å². The van der Waals surface area contributed by atoms with Crippen LogP contribution in [0.1, 0.15) is 29.2 Å². The molecule has 1 aromatic carbocycles. The maximum atomic E-state index is 11.3. The van der Waals surface area contributed by atoms with Crippen LogP contribution in [0.5, 0.6) is 5.75 Å². The molecular weight excluding hydrogens is 468 g/mol. The van der Waals surface area contributed by atoms with E-state index in [0.29, 0.717) is 44.4 Å². The molecular formula is C30H28N2O5. The van der Waals surface area contributed by atoms with E-state index in [-0.39, 0.29) is 6.61 Å². The van der Waals surface area contributed by atoms with Gasteiger partial charge in [-0.15, -0.1) is 0 Å². The molecule has 0 aliphatic heterocycles. The van der Waals surface area contributed by atoms with E-state index >= 15 is 0 Å². The van der Waals surface area contributed by atoms with Gasteiger partial charge >= 0.3 is 5.97 Å². The lowest BCUT2D eigenvalue weighted by Crippen LogP contribution is -2.14. The summed E-state index contributed by atoms with van der Waals surface area (Å²) in [6.45, 7) is 7.03. The van der Waals surface area contributed by atoms with Crippen molar-refractivity contribution in [2.24, 2.45) is 0 Å². The van der Waals surface area contributed by atoms with Crippen LogP contribution in [-0.2, 0) is 19.0 Å². The van der Waals surface area contributed by atoms with Gasteiger partial charge in [-0.3, -0.25) is 9.97 Å². The normalized spacial score (nSPS) is 9.86. The average molecular weight is 497 g/mol. The van der Waals surface area contributed by atoms with Crippen molar-refractivity contribution in [3.05, 3.63) is 102 Å². The summed E-state index contributed by atoms with van der Waals surface area (Å²) in [4.78, 5) is 19.4. The highest BCUT2D eigenvalue weighted by atomic mass is 16.6. The van der Waals surface area contributed by atoms with Gasteiger partial charge in [0, 0.05) is 41.5 Å². The lowest BCUT2D eigenvalue weighted by atomic mass is 10.1. The van der Waals surface area contributed by atoms with Crippen LogP contribution >= 0.6 is 0 Å². The molecule has 37 heavy (non-hydrogen) atoms. The van der Waals surface area contributed by atoms with Gasteiger partial charge in [0.1, 0.15) is 13.2 Å². The van der Waals surface area contributed by atoms with Crippen molar-refractivity contribution in [2.75, 3.05) is 39.6 Å². The predicted octanol–water partition coefficient (Wildman–Crippen LogP) is 3.81. The highest BCUT2D eigenvalue weighted by molar-refractivity contribution is 5.86. The lowest BCUT2D eigenvalue weighted by Gasteiger charge is -2.11. The van der Waals surface area contributed by atoms with E-state index in [0.717, 1.165) is 22.3 Å². The summed E-state index contributed by atoms with van der Waals surface area (Å²) in [5.74, 6) is 12.8. The summed E-state index contributed by atoms with van der Waals surface area (Å²) in [6.07, 6.45) is 6.81. The molecule has 0 spiro atoms. The molecule has 0 fully saturated rings. The summed E-state index contributed by atoms with van der Waals surface area (Å²) in [5, 5.41) is 0. The topological polar surface area (TPSA) is 79.8 Å². The summed E-state index contributed by atoms with van der Waals surface area (Å²) in [7, 11) is 0. The largest absolute Gasteiger partial charge is 0.489 e. The maximum absolute atomic E-state index is 11.3. The molecule has 0 aliphatic rings. The first-order valence-corrected chi connectivity index (χ1v) is 11.7. The molecule has 0 bridgehead atoms. The Morgan fingerprint density at radius 2 is 1.22 bits per heavy atom. The van der Waals surface area contributed by atoms with Crippen molar-refractivity contribution < 1.29 is 23.7 Å². The fraction of sp³-hybridized carbons (Fsp3) is 0.233. The molecule has 0 saturated carbocycles. The van der Waals surface area contributed by atoms with E-state index < -0.39 is 5.97 Å². The number of carbonyl (C=O) groups excluding carboxylic acids is 1. The van der Waals surface area contributed by atoms with Gasteiger partial charge in [0.2, 0.25) is 0 Å². The number of para-hydroxylation sites is 1. The number of ether oxygens (including phenoxy) is 4. The molecule has 2 heterocycles. The van der Waals surface area contributed by atoms with E-state index in [4.69, 9.17) is 18.9 Å². The Morgan fingerprint density at radius 3 is 1.73 bits per heavy atom. The number of hydrogen-bond acceptors (Lipinski definition) is 7. The fourth-order valence-electron chi connectivity index (χ4n) is 2.88. The van der Waals surface area contributed by atoms with Gasteiger partial charge in [-0.05, 0) is 43.3 Å². The molecule has 0 atom stereocenters. The minimum atomic E-state index is -0.424. The summed E-state index contributed by atoms with van der Waals surface area (Å²) >= 11 is 0. The van der Waals surface area contributed by atoms with Gasteiger partial charge in [-0.2, -0.15) is 0 Å². The standard InChI is InChI=1S/C30H28N2O5/c1-24(2)30(33)37-23-21-35-19-18-34-20-22-36-29-27(8-6-25-10-14-31-15-11-25)4-3-5-28(29)9-7-26-12-16-32-17-13-26/h3-5,10-17H,1,18-23H2,2H3. The second-order valence-corrected chi connectivity index (χ2v) is 7.64. The third kappa shape index (κ3) is 9.99. The Kier molecular flexibility index (Phi) is 11.4. The Balaban J connectivity index is 1.56.